The van der Waals surface area contributed by atoms with Crippen LogP contribution < -0.4 is 4.90 Å². The summed E-state index contributed by atoms with van der Waals surface area (Å²) < 4.78 is 0. The molecule has 1 unspecified atom stereocenters. The highest BCUT2D eigenvalue weighted by molar-refractivity contribution is 6.30. The van der Waals surface area contributed by atoms with Gasteiger partial charge in [0.2, 0.25) is 5.91 Å². The standard InChI is InChI=1S/C19H20ClNO/c1-14(15-6-3-2-4-7-15)12-19(22)21-11-5-8-16-13-17(20)9-10-18(16)21/h2-4,6-7,9-10,13-14H,5,8,11-12H2,1H3. The summed E-state index contributed by atoms with van der Waals surface area (Å²) in [5.74, 6) is 0.422. The van der Waals surface area contributed by atoms with E-state index >= 15 is 0 Å². The lowest BCUT2D eigenvalue weighted by atomic mass is 9.95. The van der Waals surface area contributed by atoms with Crippen LogP contribution in [0.5, 0.6) is 0 Å². The van der Waals surface area contributed by atoms with Gasteiger partial charge >= 0.3 is 0 Å². The number of aryl methyl sites for hydroxylation is 1. The number of halogens is 1. The highest BCUT2D eigenvalue weighted by Crippen LogP contribution is 2.31. The highest BCUT2D eigenvalue weighted by atomic mass is 35.5. The highest BCUT2D eigenvalue weighted by Gasteiger charge is 2.24. The summed E-state index contributed by atoms with van der Waals surface area (Å²) in [6.07, 6.45) is 2.53. The van der Waals surface area contributed by atoms with Crippen LogP contribution in [0.3, 0.4) is 0 Å². The Kier molecular flexibility index (Phi) is 4.49. The lowest BCUT2D eigenvalue weighted by Gasteiger charge is -2.30. The second-order valence-corrected chi connectivity index (χ2v) is 6.37. The molecule has 0 saturated heterocycles. The van der Waals surface area contributed by atoms with E-state index in [1.807, 2.05) is 41.3 Å². The molecule has 22 heavy (non-hydrogen) atoms. The number of anilines is 1. The SMILES string of the molecule is CC(CC(=O)N1CCCc2cc(Cl)ccc21)c1ccccc1. The van der Waals surface area contributed by atoms with Crippen molar-refractivity contribution in [2.75, 3.05) is 11.4 Å². The topological polar surface area (TPSA) is 20.3 Å². The van der Waals surface area contributed by atoms with Crippen molar-refractivity contribution in [1.29, 1.82) is 0 Å². The Morgan fingerprint density at radius 1 is 1.23 bits per heavy atom. The maximum Gasteiger partial charge on any atom is 0.227 e. The summed E-state index contributed by atoms with van der Waals surface area (Å²) in [4.78, 5) is 14.6. The molecule has 1 amide bonds. The molecule has 0 saturated carbocycles. The van der Waals surface area contributed by atoms with Gasteiger partial charge in [-0.25, -0.2) is 0 Å². The molecule has 0 aliphatic carbocycles. The fraction of sp³-hybridized carbons (Fsp3) is 0.316. The van der Waals surface area contributed by atoms with Crippen LogP contribution >= 0.6 is 11.6 Å². The maximum atomic E-state index is 12.7. The molecule has 3 heteroatoms. The minimum Gasteiger partial charge on any atom is -0.312 e. The monoisotopic (exact) mass is 313 g/mol. The molecule has 114 valence electrons. The van der Waals surface area contributed by atoms with Crippen LogP contribution in [0.2, 0.25) is 5.02 Å². The van der Waals surface area contributed by atoms with Crippen LogP contribution in [-0.2, 0) is 11.2 Å². The van der Waals surface area contributed by atoms with Gasteiger partial charge in [0.1, 0.15) is 0 Å². The van der Waals surface area contributed by atoms with Crippen molar-refractivity contribution in [3.05, 3.63) is 64.7 Å². The van der Waals surface area contributed by atoms with Gasteiger partial charge in [0.25, 0.3) is 0 Å². The Hall–Kier alpha value is -1.80. The lowest BCUT2D eigenvalue weighted by Crippen LogP contribution is -2.36. The molecule has 0 spiro atoms. The lowest BCUT2D eigenvalue weighted by molar-refractivity contribution is -0.119. The van der Waals surface area contributed by atoms with Crippen LogP contribution in [-0.4, -0.2) is 12.5 Å². The third kappa shape index (κ3) is 3.17. The first kappa shape index (κ1) is 15.1. The molecule has 1 aliphatic heterocycles. The van der Waals surface area contributed by atoms with Gasteiger partial charge in [0.05, 0.1) is 0 Å². The number of hydrogen-bond donors (Lipinski definition) is 0. The fourth-order valence-electron chi connectivity index (χ4n) is 3.10. The third-order valence-electron chi connectivity index (χ3n) is 4.31. The smallest absolute Gasteiger partial charge is 0.227 e. The Bertz CT molecular complexity index is 668. The van der Waals surface area contributed by atoms with E-state index in [0.717, 1.165) is 30.1 Å². The number of carbonyl (C=O) groups is 1. The number of benzene rings is 2. The second kappa shape index (κ2) is 6.53. The molecule has 1 atom stereocenters. The summed E-state index contributed by atoms with van der Waals surface area (Å²) in [6.45, 7) is 2.91. The summed E-state index contributed by atoms with van der Waals surface area (Å²) in [5, 5.41) is 0.741. The zero-order chi connectivity index (χ0) is 15.5. The van der Waals surface area contributed by atoms with Crippen LogP contribution in [0.4, 0.5) is 5.69 Å². The Morgan fingerprint density at radius 2 is 2.00 bits per heavy atom. The van der Waals surface area contributed by atoms with Crippen LogP contribution in [0.15, 0.2) is 48.5 Å². The van der Waals surface area contributed by atoms with Crippen LogP contribution in [0.1, 0.15) is 36.8 Å². The van der Waals surface area contributed by atoms with Crippen molar-refractivity contribution >= 4 is 23.2 Å². The van der Waals surface area contributed by atoms with Gasteiger partial charge in [-0.15, -0.1) is 0 Å². The van der Waals surface area contributed by atoms with E-state index in [1.54, 1.807) is 0 Å². The van der Waals surface area contributed by atoms with Gasteiger partial charge in [0, 0.05) is 23.7 Å². The molecule has 2 nitrogen and oxygen atoms in total. The predicted octanol–water partition coefficient (Wildman–Crippen LogP) is 4.81. The Morgan fingerprint density at radius 3 is 2.77 bits per heavy atom. The van der Waals surface area contributed by atoms with Gasteiger partial charge in [-0.1, -0.05) is 48.9 Å². The molecule has 0 fully saturated rings. The normalized spacial score (nSPS) is 15.3. The number of carbonyl (C=O) groups excluding carboxylic acids is 1. The Labute approximate surface area is 136 Å². The van der Waals surface area contributed by atoms with Gasteiger partial charge in [0.15, 0.2) is 0 Å². The van der Waals surface area contributed by atoms with Crippen molar-refractivity contribution in [2.45, 2.75) is 32.1 Å². The molecular weight excluding hydrogens is 294 g/mol. The van der Waals surface area contributed by atoms with Gasteiger partial charge in [-0.3, -0.25) is 4.79 Å². The quantitative estimate of drug-likeness (QED) is 0.796. The average molecular weight is 314 g/mol. The minimum absolute atomic E-state index is 0.194. The Balaban J connectivity index is 1.77. The number of amides is 1. The third-order valence-corrected chi connectivity index (χ3v) is 4.55. The van der Waals surface area contributed by atoms with Crippen LogP contribution in [0.25, 0.3) is 0 Å². The molecule has 0 radical (unpaired) electrons. The van der Waals surface area contributed by atoms with E-state index in [9.17, 15) is 4.79 Å². The first-order valence-electron chi connectivity index (χ1n) is 7.79. The zero-order valence-electron chi connectivity index (χ0n) is 12.8. The molecule has 0 bridgehead atoms. The first-order chi connectivity index (χ1) is 10.6. The number of nitrogens with zero attached hydrogens (tertiary/aromatic N) is 1. The second-order valence-electron chi connectivity index (χ2n) is 5.94. The minimum atomic E-state index is 0.194. The predicted molar refractivity (Wildman–Crippen MR) is 91.6 cm³/mol. The average Bonchev–Trinajstić information content (AvgIpc) is 2.54. The van der Waals surface area contributed by atoms with E-state index in [-0.39, 0.29) is 11.8 Å². The van der Waals surface area contributed by atoms with Crippen LogP contribution in [0, 0.1) is 0 Å². The number of hydrogen-bond acceptors (Lipinski definition) is 1. The number of rotatable bonds is 3. The van der Waals surface area contributed by atoms with Crippen molar-refractivity contribution in [2.24, 2.45) is 0 Å². The summed E-state index contributed by atoms with van der Waals surface area (Å²) in [5.41, 5.74) is 3.42. The molecule has 0 aromatic heterocycles. The molecule has 0 N–H and O–H groups in total. The summed E-state index contributed by atoms with van der Waals surface area (Å²) in [7, 11) is 0. The van der Waals surface area contributed by atoms with Gasteiger partial charge < -0.3 is 4.90 Å². The van der Waals surface area contributed by atoms with Gasteiger partial charge in [-0.05, 0) is 48.1 Å². The van der Waals surface area contributed by atoms with E-state index < -0.39 is 0 Å². The molecule has 1 aliphatic rings. The molecular formula is C19H20ClNO. The van der Waals surface area contributed by atoms with Crippen molar-refractivity contribution in [3.8, 4) is 0 Å². The summed E-state index contributed by atoms with van der Waals surface area (Å²) >= 11 is 6.06. The van der Waals surface area contributed by atoms with Crippen molar-refractivity contribution in [1.82, 2.24) is 0 Å². The van der Waals surface area contributed by atoms with Crippen molar-refractivity contribution < 1.29 is 4.79 Å². The maximum absolute atomic E-state index is 12.7. The first-order valence-corrected chi connectivity index (χ1v) is 8.16. The largest absolute Gasteiger partial charge is 0.312 e. The van der Waals surface area contributed by atoms with E-state index in [2.05, 4.69) is 19.1 Å². The fourth-order valence-corrected chi connectivity index (χ4v) is 3.29. The molecule has 2 aromatic rings. The molecule has 3 rings (SSSR count). The van der Waals surface area contributed by atoms with Gasteiger partial charge in [-0.2, -0.15) is 0 Å². The van der Waals surface area contributed by atoms with Crippen molar-refractivity contribution in [3.63, 3.8) is 0 Å². The van der Waals surface area contributed by atoms with E-state index in [1.165, 1.54) is 11.1 Å². The summed E-state index contributed by atoms with van der Waals surface area (Å²) in [6, 6.07) is 16.0. The molecule has 1 heterocycles. The molecule has 2 aromatic carbocycles. The number of fused-ring (bicyclic) bond motifs is 1. The van der Waals surface area contributed by atoms with E-state index in [4.69, 9.17) is 11.6 Å². The van der Waals surface area contributed by atoms with E-state index in [0.29, 0.717) is 6.42 Å². The zero-order valence-corrected chi connectivity index (χ0v) is 13.5.